The lowest BCUT2D eigenvalue weighted by Gasteiger charge is -2.10. The number of carbonyl (C=O) groups is 1. The molecule has 36 heavy (non-hydrogen) atoms. The summed E-state index contributed by atoms with van der Waals surface area (Å²) in [6.07, 6.45) is 2.27. The summed E-state index contributed by atoms with van der Waals surface area (Å²) in [7, 11) is 0. The van der Waals surface area contributed by atoms with Gasteiger partial charge in [-0.15, -0.1) is 5.10 Å². The van der Waals surface area contributed by atoms with E-state index in [0.717, 1.165) is 10.0 Å². The van der Waals surface area contributed by atoms with Gasteiger partial charge in [0.15, 0.2) is 12.4 Å². The molecule has 3 aromatic carbocycles. The van der Waals surface area contributed by atoms with E-state index in [-0.39, 0.29) is 18.1 Å². The maximum Gasteiger partial charge on any atom is 0.291 e. The minimum absolute atomic E-state index is 0.201. The lowest BCUT2D eigenvalue weighted by atomic mass is 10.1. The van der Waals surface area contributed by atoms with Crippen molar-refractivity contribution in [2.75, 3.05) is 11.9 Å². The van der Waals surface area contributed by atoms with Gasteiger partial charge in [-0.1, -0.05) is 69.2 Å². The Hall–Kier alpha value is -3.53. The zero-order valence-electron chi connectivity index (χ0n) is 18.7. The quantitative estimate of drug-likeness (QED) is 0.301. The molecule has 1 N–H and O–H groups in total. The van der Waals surface area contributed by atoms with E-state index in [1.807, 2.05) is 36.4 Å². The molecule has 0 aliphatic rings. The van der Waals surface area contributed by atoms with Crippen molar-refractivity contribution >= 4 is 61.5 Å². The normalized spacial score (nSPS) is 11.7. The van der Waals surface area contributed by atoms with E-state index >= 15 is 0 Å². The van der Waals surface area contributed by atoms with Gasteiger partial charge in [-0.05, 0) is 54.1 Å². The van der Waals surface area contributed by atoms with Gasteiger partial charge in [0, 0.05) is 27.2 Å². The standard InChI is InChI=1S/C26H18BrClN4O3S/c27-18-6-11-21(35-15-24(33)29-20-9-7-19(28)8-10-20)17(13-18)14-22-25(34)32-26(36-22)30-23(31-32)12-16-4-2-1-3-5-16/h1-11,13-14H,12,15H2,(H,29,33)/b22-14-. The van der Waals surface area contributed by atoms with Gasteiger partial charge < -0.3 is 10.1 Å². The van der Waals surface area contributed by atoms with Gasteiger partial charge in [-0.3, -0.25) is 9.59 Å². The minimum atomic E-state index is -0.319. The van der Waals surface area contributed by atoms with Crippen LogP contribution in [0.5, 0.6) is 5.75 Å². The SMILES string of the molecule is O=C(COc1ccc(Br)cc1/C=c1\sc2nc(Cc3ccccc3)nn2c1=O)Nc1ccc(Cl)cc1. The molecule has 10 heteroatoms. The van der Waals surface area contributed by atoms with Crippen molar-refractivity contribution in [1.29, 1.82) is 0 Å². The monoisotopic (exact) mass is 580 g/mol. The van der Waals surface area contributed by atoms with Crippen molar-refractivity contribution in [3.63, 3.8) is 0 Å². The molecular weight excluding hydrogens is 564 g/mol. The van der Waals surface area contributed by atoms with Crippen LogP contribution in [-0.2, 0) is 11.2 Å². The number of ether oxygens (including phenoxy) is 1. The number of carbonyl (C=O) groups excluding carboxylic acids is 1. The van der Waals surface area contributed by atoms with Crippen molar-refractivity contribution < 1.29 is 9.53 Å². The van der Waals surface area contributed by atoms with Gasteiger partial charge in [0.1, 0.15) is 5.75 Å². The topological polar surface area (TPSA) is 85.6 Å². The second-order valence-electron chi connectivity index (χ2n) is 7.83. The average molecular weight is 582 g/mol. The first kappa shape index (κ1) is 24.2. The van der Waals surface area contributed by atoms with E-state index in [1.54, 1.807) is 42.5 Å². The van der Waals surface area contributed by atoms with Crippen molar-refractivity contribution in [3.8, 4) is 5.75 Å². The maximum absolute atomic E-state index is 13.0. The molecule has 0 saturated heterocycles. The molecule has 0 spiro atoms. The molecule has 0 saturated carbocycles. The molecule has 0 fully saturated rings. The van der Waals surface area contributed by atoms with Crippen LogP contribution in [0.4, 0.5) is 5.69 Å². The predicted molar refractivity (Wildman–Crippen MR) is 145 cm³/mol. The zero-order chi connectivity index (χ0) is 25.1. The van der Waals surface area contributed by atoms with Gasteiger partial charge in [0.25, 0.3) is 11.5 Å². The van der Waals surface area contributed by atoms with Gasteiger partial charge in [-0.25, -0.2) is 4.98 Å². The first-order chi connectivity index (χ1) is 17.4. The molecule has 0 aliphatic heterocycles. The van der Waals surface area contributed by atoms with Gasteiger partial charge in [-0.2, -0.15) is 4.52 Å². The van der Waals surface area contributed by atoms with Gasteiger partial charge in [0.05, 0.1) is 4.53 Å². The van der Waals surface area contributed by atoms with Crippen LogP contribution in [0.25, 0.3) is 11.0 Å². The molecule has 1 amide bonds. The first-order valence-electron chi connectivity index (χ1n) is 10.9. The zero-order valence-corrected chi connectivity index (χ0v) is 21.8. The predicted octanol–water partition coefficient (Wildman–Crippen LogP) is 4.72. The third-order valence-electron chi connectivity index (χ3n) is 5.18. The molecule has 5 aromatic rings. The Morgan fingerprint density at radius 3 is 2.64 bits per heavy atom. The number of fused-ring (bicyclic) bond motifs is 1. The molecule has 2 heterocycles. The Bertz CT molecular complexity index is 1650. The van der Waals surface area contributed by atoms with E-state index in [9.17, 15) is 9.59 Å². The smallest absolute Gasteiger partial charge is 0.291 e. The number of amides is 1. The largest absolute Gasteiger partial charge is 0.483 e. The summed E-state index contributed by atoms with van der Waals surface area (Å²) >= 11 is 10.6. The third-order valence-corrected chi connectivity index (χ3v) is 6.88. The first-order valence-corrected chi connectivity index (χ1v) is 12.9. The summed E-state index contributed by atoms with van der Waals surface area (Å²) in [5.41, 5.74) is 2.08. The van der Waals surface area contributed by atoms with Gasteiger partial charge in [0.2, 0.25) is 4.96 Å². The number of nitrogens with one attached hydrogen (secondary N) is 1. The van der Waals surface area contributed by atoms with Crippen molar-refractivity contribution in [1.82, 2.24) is 14.6 Å². The average Bonchev–Trinajstić information content (AvgIpc) is 3.38. The summed E-state index contributed by atoms with van der Waals surface area (Å²) in [4.78, 5) is 30.4. The molecule has 0 aliphatic carbocycles. The van der Waals surface area contributed by atoms with E-state index in [1.165, 1.54) is 15.9 Å². The van der Waals surface area contributed by atoms with Crippen LogP contribution in [0.3, 0.4) is 0 Å². The highest BCUT2D eigenvalue weighted by molar-refractivity contribution is 9.10. The lowest BCUT2D eigenvalue weighted by Crippen LogP contribution is -2.24. The summed E-state index contributed by atoms with van der Waals surface area (Å²) < 4.78 is 8.38. The Labute approximate surface area is 223 Å². The van der Waals surface area contributed by atoms with E-state index in [4.69, 9.17) is 16.3 Å². The van der Waals surface area contributed by atoms with E-state index in [2.05, 4.69) is 31.3 Å². The molecule has 0 unspecified atom stereocenters. The van der Waals surface area contributed by atoms with Crippen molar-refractivity contribution in [3.05, 3.63) is 114 Å². The highest BCUT2D eigenvalue weighted by Gasteiger charge is 2.13. The number of aromatic nitrogens is 3. The van der Waals surface area contributed by atoms with Crippen LogP contribution in [-0.4, -0.2) is 27.1 Å². The fraction of sp³-hybridized carbons (Fsp3) is 0.0769. The number of nitrogens with zero attached hydrogens (tertiary/aromatic N) is 3. The molecule has 7 nitrogen and oxygen atoms in total. The van der Waals surface area contributed by atoms with Crippen LogP contribution >= 0.6 is 38.9 Å². The maximum atomic E-state index is 13.0. The highest BCUT2D eigenvalue weighted by atomic mass is 79.9. The summed E-state index contributed by atoms with van der Waals surface area (Å²) in [5, 5.41) is 7.74. The Morgan fingerprint density at radius 1 is 1.11 bits per heavy atom. The Kier molecular flexibility index (Phi) is 7.13. The number of hydrogen-bond acceptors (Lipinski definition) is 6. The van der Waals surface area contributed by atoms with E-state index in [0.29, 0.717) is 43.8 Å². The number of anilines is 1. The van der Waals surface area contributed by atoms with Crippen LogP contribution in [0.2, 0.25) is 5.02 Å². The third kappa shape index (κ3) is 5.64. The van der Waals surface area contributed by atoms with Crippen molar-refractivity contribution in [2.24, 2.45) is 0 Å². The number of thiazole rings is 1. The Morgan fingerprint density at radius 2 is 1.89 bits per heavy atom. The van der Waals surface area contributed by atoms with Crippen LogP contribution in [0, 0.1) is 0 Å². The van der Waals surface area contributed by atoms with Crippen molar-refractivity contribution in [2.45, 2.75) is 6.42 Å². The molecule has 5 rings (SSSR count). The van der Waals surface area contributed by atoms with Crippen LogP contribution < -0.4 is 20.1 Å². The van der Waals surface area contributed by atoms with E-state index < -0.39 is 0 Å². The van der Waals surface area contributed by atoms with Crippen LogP contribution in [0.1, 0.15) is 17.0 Å². The fourth-order valence-corrected chi connectivity index (χ4v) is 4.93. The number of benzene rings is 3. The Balaban J connectivity index is 1.36. The molecule has 0 bridgehead atoms. The minimum Gasteiger partial charge on any atom is -0.483 e. The molecule has 0 atom stereocenters. The molecule has 2 aromatic heterocycles. The van der Waals surface area contributed by atoms with Crippen LogP contribution in [0.15, 0.2) is 82.1 Å². The summed E-state index contributed by atoms with van der Waals surface area (Å²) in [6, 6.07) is 22.0. The number of rotatable bonds is 7. The summed E-state index contributed by atoms with van der Waals surface area (Å²) in [6.45, 7) is -0.201. The fourth-order valence-electron chi connectivity index (χ4n) is 3.51. The molecule has 0 radical (unpaired) electrons. The van der Waals surface area contributed by atoms with Gasteiger partial charge >= 0.3 is 0 Å². The number of halogens is 2. The second kappa shape index (κ2) is 10.6. The summed E-state index contributed by atoms with van der Waals surface area (Å²) in [5.74, 6) is 0.738. The molecule has 180 valence electrons. The lowest BCUT2D eigenvalue weighted by molar-refractivity contribution is -0.118. The molecular formula is C26H18BrClN4O3S. The second-order valence-corrected chi connectivity index (χ2v) is 10.2. The number of hydrogen-bond donors (Lipinski definition) is 1. The highest BCUT2D eigenvalue weighted by Crippen LogP contribution is 2.24.